The van der Waals surface area contributed by atoms with Gasteiger partial charge in [0.25, 0.3) is 5.91 Å². The Morgan fingerprint density at radius 3 is 2.22 bits per heavy atom. The number of nitrogens with zero attached hydrogens (tertiary/aromatic N) is 3. The average Bonchev–Trinajstić information content (AvgIpc) is 3.16. The van der Waals surface area contributed by atoms with Crippen molar-refractivity contribution in [2.45, 2.75) is 33.7 Å². The monoisotopic (exact) mass is 497 g/mol. The van der Waals surface area contributed by atoms with E-state index >= 15 is 0 Å². The van der Waals surface area contributed by atoms with Crippen molar-refractivity contribution in [2.75, 3.05) is 33.2 Å². The SMILES string of the molecule is CCn1nc(C)c(CCN=C(NC(=O)c2cc(OC)c(OC)c(OC)c2)Nc2ccc(F)cc2)c1C. The third kappa shape index (κ3) is 6.12. The van der Waals surface area contributed by atoms with Gasteiger partial charge in [-0.3, -0.25) is 19.8 Å². The molecule has 0 spiro atoms. The van der Waals surface area contributed by atoms with Crippen molar-refractivity contribution in [1.82, 2.24) is 15.1 Å². The maximum absolute atomic E-state index is 13.4. The zero-order valence-electron chi connectivity index (χ0n) is 21.4. The van der Waals surface area contributed by atoms with Gasteiger partial charge >= 0.3 is 0 Å². The summed E-state index contributed by atoms with van der Waals surface area (Å²) in [5.74, 6) is 0.511. The number of halogens is 1. The van der Waals surface area contributed by atoms with Crippen molar-refractivity contribution in [1.29, 1.82) is 0 Å². The summed E-state index contributed by atoms with van der Waals surface area (Å²) in [7, 11) is 4.45. The van der Waals surface area contributed by atoms with Gasteiger partial charge in [0.2, 0.25) is 11.7 Å². The molecule has 0 radical (unpaired) electrons. The maximum Gasteiger partial charge on any atom is 0.258 e. The second-order valence-corrected chi connectivity index (χ2v) is 7.95. The van der Waals surface area contributed by atoms with E-state index in [-0.39, 0.29) is 17.3 Å². The van der Waals surface area contributed by atoms with Crippen molar-refractivity contribution in [3.8, 4) is 17.2 Å². The number of carbonyl (C=O) groups is 1. The summed E-state index contributed by atoms with van der Waals surface area (Å²) in [6, 6.07) is 8.89. The summed E-state index contributed by atoms with van der Waals surface area (Å²) >= 11 is 0. The fourth-order valence-corrected chi connectivity index (χ4v) is 3.86. The molecular formula is C26H32FN5O4. The lowest BCUT2D eigenvalue weighted by Gasteiger charge is -2.15. The molecule has 10 heteroatoms. The number of carbonyl (C=O) groups excluding carboxylic acids is 1. The van der Waals surface area contributed by atoms with Gasteiger partial charge in [0, 0.05) is 30.0 Å². The van der Waals surface area contributed by atoms with Crippen LogP contribution in [0.15, 0.2) is 41.4 Å². The van der Waals surface area contributed by atoms with Crippen LogP contribution in [0, 0.1) is 19.7 Å². The smallest absolute Gasteiger partial charge is 0.258 e. The fraction of sp³-hybridized carbons (Fsp3) is 0.346. The second-order valence-electron chi connectivity index (χ2n) is 7.95. The Balaban J connectivity index is 1.86. The van der Waals surface area contributed by atoms with Crippen LogP contribution in [-0.4, -0.2) is 49.5 Å². The van der Waals surface area contributed by atoms with E-state index in [4.69, 9.17) is 14.2 Å². The van der Waals surface area contributed by atoms with E-state index in [1.165, 1.54) is 33.5 Å². The average molecular weight is 498 g/mol. The lowest BCUT2D eigenvalue weighted by molar-refractivity contribution is 0.0976. The Hall–Kier alpha value is -4.08. The molecule has 0 unspecified atom stereocenters. The van der Waals surface area contributed by atoms with Crippen LogP contribution < -0.4 is 24.8 Å². The number of rotatable bonds is 9. The number of aromatic nitrogens is 2. The van der Waals surface area contributed by atoms with Gasteiger partial charge < -0.3 is 19.5 Å². The number of methoxy groups -OCH3 is 3. The lowest BCUT2D eigenvalue weighted by atomic mass is 10.1. The van der Waals surface area contributed by atoms with E-state index in [2.05, 4.69) is 20.7 Å². The van der Waals surface area contributed by atoms with Gasteiger partial charge in [0.1, 0.15) is 5.82 Å². The largest absolute Gasteiger partial charge is 0.493 e. The standard InChI is InChI=1S/C26H32FN5O4/c1-7-32-17(3)21(16(2)31-32)12-13-28-26(29-20-10-8-19(27)9-11-20)30-25(33)18-14-22(34-4)24(36-6)23(15-18)35-5/h8-11,14-15H,7,12-13H2,1-6H3,(H2,28,29,30,33). The topological polar surface area (TPSA) is 99.0 Å². The zero-order valence-corrected chi connectivity index (χ0v) is 21.4. The highest BCUT2D eigenvalue weighted by Gasteiger charge is 2.18. The quantitative estimate of drug-likeness (QED) is 0.341. The first kappa shape index (κ1) is 26.5. The highest BCUT2D eigenvalue weighted by Crippen LogP contribution is 2.38. The number of aryl methyl sites for hydroxylation is 2. The molecule has 0 fully saturated rings. The van der Waals surface area contributed by atoms with E-state index in [0.717, 1.165) is 23.5 Å². The molecule has 2 N–H and O–H groups in total. The third-order valence-corrected chi connectivity index (χ3v) is 5.73. The molecule has 3 rings (SSSR count). The molecule has 3 aromatic rings. The van der Waals surface area contributed by atoms with E-state index in [1.54, 1.807) is 24.3 Å². The minimum Gasteiger partial charge on any atom is -0.493 e. The second kappa shape index (κ2) is 12.1. The summed E-state index contributed by atoms with van der Waals surface area (Å²) < 4.78 is 31.4. The molecule has 0 bridgehead atoms. The Labute approximate surface area is 210 Å². The molecule has 2 aromatic carbocycles. The number of hydrogen-bond acceptors (Lipinski definition) is 6. The molecule has 0 aliphatic heterocycles. The van der Waals surface area contributed by atoms with Crippen LogP contribution in [0.3, 0.4) is 0 Å². The number of benzene rings is 2. The van der Waals surface area contributed by atoms with E-state index in [9.17, 15) is 9.18 Å². The van der Waals surface area contributed by atoms with Crippen molar-refractivity contribution >= 4 is 17.6 Å². The van der Waals surface area contributed by atoms with Crippen LogP contribution in [0.25, 0.3) is 0 Å². The highest BCUT2D eigenvalue weighted by atomic mass is 19.1. The highest BCUT2D eigenvalue weighted by molar-refractivity contribution is 6.10. The number of aliphatic imine (C=N–C) groups is 1. The molecule has 1 aromatic heterocycles. The summed E-state index contributed by atoms with van der Waals surface area (Å²) in [5.41, 5.74) is 4.04. The van der Waals surface area contributed by atoms with E-state index in [1.807, 2.05) is 25.5 Å². The molecule has 0 saturated carbocycles. The van der Waals surface area contributed by atoms with Gasteiger partial charge in [0.05, 0.1) is 27.0 Å². The molecule has 192 valence electrons. The Morgan fingerprint density at radius 1 is 1.06 bits per heavy atom. The van der Waals surface area contributed by atoms with Crippen molar-refractivity contribution in [3.63, 3.8) is 0 Å². The maximum atomic E-state index is 13.4. The van der Waals surface area contributed by atoms with Gasteiger partial charge in [-0.25, -0.2) is 4.39 Å². The summed E-state index contributed by atoms with van der Waals surface area (Å²) in [6.45, 7) is 7.24. The number of nitrogens with one attached hydrogen (secondary N) is 2. The lowest BCUT2D eigenvalue weighted by Crippen LogP contribution is -2.36. The normalized spacial score (nSPS) is 11.2. The third-order valence-electron chi connectivity index (χ3n) is 5.73. The van der Waals surface area contributed by atoms with Crippen LogP contribution >= 0.6 is 0 Å². The van der Waals surface area contributed by atoms with Crippen LogP contribution in [0.1, 0.15) is 34.2 Å². The van der Waals surface area contributed by atoms with E-state index in [0.29, 0.717) is 35.9 Å². The number of anilines is 1. The summed E-state index contributed by atoms with van der Waals surface area (Å²) in [5, 5.41) is 10.4. The number of ether oxygens (including phenoxy) is 3. The van der Waals surface area contributed by atoms with Crippen molar-refractivity contribution in [2.24, 2.45) is 4.99 Å². The van der Waals surface area contributed by atoms with Crippen LogP contribution in [-0.2, 0) is 13.0 Å². The summed E-state index contributed by atoms with van der Waals surface area (Å²) in [6.07, 6.45) is 0.645. The minimum absolute atomic E-state index is 0.221. The molecule has 1 heterocycles. The van der Waals surface area contributed by atoms with E-state index < -0.39 is 5.91 Å². The minimum atomic E-state index is -0.436. The zero-order chi connectivity index (χ0) is 26.2. The predicted octanol–water partition coefficient (Wildman–Crippen LogP) is 4.13. The Bertz CT molecular complexity index is 1210. The first-order valence-corrected chi connectivity index (χ1v) is 11.5. The molecular weight excluding hydrogens is 465 g/mol. The predicted molar refractivity (Wildman–Crippen MR) is 137 cm³/mol. The molecule has 0 atom stereocenters. The first-order valence-electron chi connectivity index (χ1n) is 11.5. The number of amides is 1. The van der Waals surface area contributed by atoms with Crippen LogP contribution in [0.5, 0.6) is 17.2 Å². The molecule has 0 aliphatic carbocycles. The van der Waals surface area contributed by atoms with Crippen LogP contribution in [0.4, 0.5) is 10.1 Å². The first-order chi connectivity index (χ1) is 17.3. The molecule has 9 nitrogen and oxygen atoms in total. The van der Waals surface area contributed by atoms with Crippen molar-refractivity contribution in [3.05, 3.63) is 64.7 Å². The number of hydrogen-bond donors (Lipinski definition) is 2. The van der Waals surface area contributed by atoms with Crippen molar-refractivity contribution < 1.29 is 23.4 Å². The van der Waals surface area contributed by atoms with Gasteiger partial charge in [-0.15, -0.1) is 0 Å². The molecule has 0 aliphatic rings. The van der Waals surface area contributed by atoms with Crippen LogP contribution in [0.2, 0.25) is 0 Å². The molecule has 36 heavy (non-hydrogen) atoms. The van der Waals surface area contributed by atoms with Gasteiger partial charge in [-0.05, 0) is 69.2 Å². The van der Waals surface area contributed by atoms with Gasteiger partial charge in [0.15, 0.2) is 11.5 Å². The Kier molecular flexibility index (Phi) is 8.88. The summed E-state index contributed by atoms with van der Waals surface area (Å²) in [4.78, 5) is 17.8. The van der Waals surface area contributed by atoms with Gasteiger partial charge in [-0.1, -0.05) is 0 Å². The molecule has 0 saturated heterocycles. The Morgan fingerprint density at radius 2 is 1.69 bits per heavy atom. The fourth-order valence-electron chi connectivity index (χ4n) is 3.86. The number of guanidine groups is 1. The molecule has 1 amide bonds. The van der Waals surface area contributed by atoms with Gasteiger partial charge in [-0.2, -0.15) is 5.10 Å².